The summed E-state index contributed by atoms with van der Waals surface area (Å²) in [5, 5.41) is 8.91. The van der Waals surface area contributed by atoms with E-state index in [2.05, 4.69) is 0 Å². The van der Waals surface area contributed by atoms with Crippen molar-refractivity contribution in [1.82, 2.24) is 9.80 Å². The van der Waals surface area contributed by atoms with Crippen LogP contribution in [0.15, 0.2) is 18.2 Å². The van der Waals surface area contributed by atoms with E-state index >= 15 is 0 Å². The molecule has 0 saturated carbocycles. The molecule has 1 aromatic carbocycles. The van der Waals surface area contributed by atoms with Crippen LogP contribution in [-0.4, -0.2) is 59.0 Å². The molecule has 1 aliphatic heterocycles. The van der Waals surface area contributed by atoms with E-state index in [9.17, 15) is 18.4 Å². The molecule has 0 atom stereocenters. The van der Waals surface area contributed by atoms with E-state index in [-0.39, 0.29) is 18.2 Å². The maximum absolute atomic E-state index is 13.7. The van der Waals surface area contributed by atoms with Gasteiger partial charge in [0.15, 0.2) is 0 Å². The number of halogens is 2. The highest BCUT2D eigenvalue weighted by molar-refractivity contribution is 5.94. The van der Waals surface area contributed by atoms with Crippen molar-refractivity contribution < 1.29 is 23.5 Å². The van der Waals surface area contributed by atoms with Crippen LogP contribution in [0.3, 0.4) is 0 Å². The number of carbonyl (C=O) groups excluding carboxylic acids is 1. The first-order valence-electron chi connectivity index (χ1n) is 7.62. The zero-order chi connectivity index (χ0) is 17.0. The Morgan fingerprint density at radius 1 is 1.30 bits per heavy atom. The maximum atomic E-state index is 13.7. The lowest BCUT2D eigenvalue weighted by atomic mass is 10.0. The fourth-order valence-corrected chi connectivity index (χ4v) is 2.94. The molecular weight excluding hydrogens is 306 g/mol. The Bertz CT molecular complexity index is 587. The van der Waals surface area contributed by atoms with Gasteiger partial charge in [-0.1, -0.05) is 6.92 Å². The summed E-state index contributed by atoms with van der Waals surface area (Å²) in [6.07, 6.45) is 1.23. The summed E-state index contributed by atoms with van der Waals surface area (Å²) in [6, 6.07) is 2.91. The standard InChI is InChI=1S/C16H20F2N2O3/c1-2-19(10-15(21)22)12-5-7-20(8-6-12)16(23)13-9-11(17)3-4-14(13)18/h3-4,9,12H,2,5-8,10H2,1H3,(H,21,22). The molecule has 1 fully saturated rings. The summed E-state index contributed by atoms with van der Waals surface area (Å²) in [7, 11) is 0. The Labute approximate surface area is 133 Å². The second kappa shape index (κ2) is 7.50. The molecule has 0 radical (unpaired) electrons. The van der Waals surface area contributed by atoms with Crippen LogP contribution in [0.1, 0.15) is 30.1 Å². The molecule has 0 spiro atoms. The lowest BCUT2D eigenvalue weighted by Crippen LogP contribution is -2.48. The summed E-state index contributed by atoms with van der Waals surface area (Å²) in [5.74, 6) is -2.79. The second-order valence-electron chi connectivity index (χ2n) is 5.60. The van der Waals surface area contributed by atoms with Crippen molar-refractivity contribution >= 4 is 11.9 Å². The number of likely N-dealkylation sites (tertiary alicyclic amines) is 1. The van der Waals surface area contributed by atoms with Gasteiger partial charge in [0.05, 0.1) is 12.1 Å². The number of piperidine rings is 1. The molecule has 1 N–H and O–H groups in total. The fraction of sp³-hybridized carbons (Fsp3) is 0.500. The van der Waals surface area contributed by atoms with Gasteiger partial charge in [-0.25, -0.2) is 8.78 Å². The highest BCUT2D eigenvalue weighted by Crippen LogP contribution is 2.20. The van der Waals surface area contributed by atoms with Gasteiger partial charge in [0.1, 0.15) is 11.6 Å². The molecule has 1 aliphatic rings. The third-order valence-corrected chi connectivity index (χ3v) is 4.17. The van der Waals surface area contributed by atoms with E-state index in [4.69, 9.17) is 5.11 Å². The maximum Gasteiger partial charge on any atom is 0.317 e. The summed E-state index contributed by atoms with van der Waals surface area (Å²) < 4.78 is 26.9. The number of likely N-dealkylation sites (N-methyl/N-ethyl adjacent to an activating group) is 1. The van der Waals surface area contributed by atoms with Crippen LogP contribution in [0.5, 0.6) is 0 Å². The smallest absolute Gasteiger partial charge is 0.317 e. The van der Waals surface area contributed by atoms with E-state index in [1.165, 1.54) is 4.90 Å². The number of aliphatic carboxylic acids is 1. The van der Waals surface area contributed by atoms with Gasteiger partial charge in [-0.2, -0.15) is 0 Å². The minimum absolute atomic E-state index is 0.0341. The number of carbonyl (C=O) groups is 2. The van der Waals surface area contributed by atoms with Crippen molar-refractivity contribution in [2.24, 2.45) is 0 Å². The molecular formula is C16H20F2N2O3. The largest absolute Gasteiger partial charge is 0.480 e. The van der Waals surface area contributed by atoms with E-state index in [0.29, 0.717) is 32.5 Å². The van der Waals surface area contributed by atoms with Crippen molar-refractivity contribution in [2.75, 3.05) is 26.2 Å². The van der Waals surface area contributed by atoms with Crippen LogP contribution in [0.2, 0.25) is 0 Å². The van der Waals surface area contributed by atoms with Gasteiger partial charge in [-0.15, -0.1) is 0 Å². The minimum atomic E-state index is -0.882. The lowest BCUT2D eigenvalue weighted by molar-refractivity contribution is -0.139. The Morgan fingerprint density at radius 2 is 1.96 bits per heavy atom. The number of hydrogen-bond acceptors (Lipinski definition) is 3. The quantitative estimate of drug-likeness (QED) is 0.899. The highest BCUT2D eigenvalue weighted by atomic mass is 19.1. The Morgan fingerprint density at radius 3 is 2.52 bits per heavy atom. The molecule has 126 valence electrons. The molecule has 1 heterocycles. The van der Waals surface area contributed by atoms with E-state index in [0.717, 1.165) is 18.2 Å². The molecule has 7 heteroatoms. The fourth-order valence-electron chi connectivity index (χ4n) is 2.94. The number of hydrogen-bond donors (Lipinski definition) is 1. The predicted molar refractivity (Wildman–Crippen MR) is 80.2 cm³/mol. The van der Waals surface area contributed by atoms with Crippen LogP contribution >= 0.6 is 0 Å². The first kappa shape index (κ1) is 17.3. The van der Waals surface area contributed by atoms with Gasteiger partial charge >= 0.3 is 5.97 Å². The average molecular weight is 326 g/mol. The summed E-state index contributed by atoms with van der Waals surface area (Å²) in [6.45, 7) is 3.27. The second-order valence-corrected chi connectivity index (χ2v) is 5.60. The molecule has 0 bridgehead atoms. The van der Waals surface area contributed by atoms with Gasteiger partial charge in [0.25, 0.3) is 5.91 Å². The summed E-state index contributed by atoms with van der Waals surface area (Å²) in [4.78, 5) is 26.5. The molecule has 0 unspecified atom stereocenters. The van der Waals surface area contributed by atoms with E-state index < -0.39 is 23.5 Å². The third kappa shape index (κ3) is 4.25. The van der Waals surface area contributed by atoms with Crippen LogP contribution in [0, 0.1) is 11.6 Å². The van der Waals surface area contributed by atoms with Crippen molar-refractivity contribution in [3.8, 4) is 0 Å². The van der Waals surface area contributed by atoms with Crippen molar-refractivity contribution in [3.05, 3.63) is 35.4 Å². The van der Waals surface area contributed by atoms with Gasteiger partial charge in [0, 0.05) is 19.1 Å². The summed E-state index contributed by atoms with van der Waals surface area (Å²) >= 11 is 0. The van der Waals surface area contributed by atoms with Crippen LogP contribution in [-0.2, 0) is 4.79 Å². The number of nitrogens with zero attached hydrogens (tertiary/aromatic N) is 2. The summed E-state index contributed by atoms with van der Waals surface area (Å²) in [5.41, 5.74) is -0.263. The van der Waals surface area contributed by atoms with Crippen LogP contribution in [0.25, 0.3) is 0 Å². The molecule has 1 saturated heterocycles. The average Bonchev–Trinajstić information content (AvgIpc) is 2.54. The predicted octanol–water partition coefficient (Wildman–Crippen LogP) is 1.98. The van der Waals surface area contributed by atoms with E-state index in [1.807, 2.05) is 11.8 Å². The van der Waals surface area contributed by atoms with Gasteiger partial charge < -0.3 is 10.0 Å². The molecule has 5 nitrogen and oxygen atoms in total. The molecule has 1 amide bonds. The molecule has 0 aliphatic carbocycles. The number of benzene rings is 1. The monoisotopic (exact) mass is 326 g/mol. The zero-order valence-electron chi connectivity index (χ0n) is 13.0. The number of carboxylic acid groups (broad SMARTS) is 1. The van der Waals surface area contributed by atoms with Crippen molar-refractivity contribution in [2.45, 2.75) is 25.8 Å². The van der Waals surface area contributed by atoms with Gasteiger partial charge in [-0.05, 0) is 37.6 Å². The Balaban J connectivity index is 1.99. The first-order chi connectivity index (χ1) is 10.9. The van der Waals surface area contributed by atoms with E-state index in [1.54, 1.807) is 0 Å². The topological polar surface area (TPSA) is 60.9 Å². The zero-order valence-corrected chi connectivity index (χ0v) is 13.0. The Kier molecular flexibility index (Phi) is 5.65. The number of carboxylic acids is 1. The minimum Gasteiger partial charge on any atom is -0.480 e. The molecule has 2 rings (SSSR count). The molecule has 1 aromatic rings. The highest BCUT2D eigenvalue weighted by Gasteiger charge is 2.28. The molecule has 0 aromatic heterocycles. The third-order valence-electron chi connectivity index (χ3n) is 4.17. The van der Waals surface area contributed by atoms with Crippen LogP contribution in [0.4, 0.5) is 8.78 Å². The van der Waals surface area contributed by atoms with Crippen molar-refractivity contribution in [1.29, 1.82) is 0 Å². The normalized spacial score (nSPS) is 15.9. The van der Waals surface area contributed by atoms with Crippen LogP contribution < -0.4 is 0 Å². The lowest BCUT2D eigenvalue weighted by Gasteiger charge is -2.37. The van der Waals surface area contributed by atoms with Crippen molar-refractivity contribution in [3.63, 3.8) is 0 Å². The number of amides is 1. The molecule has 23 heavy (non-hydrogen) atoms. The Hall–Kier alpha value is -2.02. The SMILES string of the molecule is CCN(CC(=O)O)C1CCN(C(=O)c2cc(F)ccc2F)CC1. The van der Waals surface area contributed by atoms with Gasteiger partial charge in [-0.3, -0.25) is 14.5 Å². The van der Waals surface area contributed by atoms with Gasteiger partial charge in [0.2, 0.25) is 0 Å². The number of rotatable bonds is 5. The first-order valence-corrected chi connectivity index (χ1v) is 7.62.